The van der Waals surface area contributed by atoms with Gasteiger partial charge in [-0.05, 0) is 30.7 Å². The highest BCUT2D eigenvalue weighted by Gasteiger charge is 2.13. The number of nitrogens with one attached hydrogen (secondary N) is 1. The number of aliphatic hydroxyl groups is 1. The topological polar surface area (TPSA) is 41.5 Å². The number of methoxy groups -OCH3 is 1. The summed E-state index contributed by atoms with van der Waals surface area (Å²) in [4.78, 5) is 0. The van der Waals surface area contributed by atoms with E-state index in [2.05, 4.69) is 5.32 Å². The van der Waals surface area contributed by atoms with Crippen molar-refractivity contribution in [3.63, 3.8) is 0 Å². The Labute approximate surface area is 130 Å². The SMILES string of the molecule is COc1cccc([C@@H](C)NCC(O)c2ccccc2Cl)c1. The number of hydrogen-bond acceptors (Lipinski definition) is 3. The van der Waals surface area contributed by atoms with Gasteiger partial charge in [0.15, 0.2) is 0 Å². The highest BCUT2D eigenvalue weighted by molar-refractivity contribution is 6.31. The van der Waals surface area contributed by atoms with Gasteiger partial charge in [0, 0.05) is 23.2 Å². The molecule has 2 rings (SSSR count). The lowest BCUT2D eigenvalue weighted by molar-refractivity contribution is 0.171. The Hall–Kier alpha value is -1.55. The van der Waals surface area contributed by atoms with E-state index in [4.69, 9.17) is 16.3 Å². The van der Waals surface area contributed by atoms with E-state index in [1.165, 1.54) is 0 Å². The van der Waals surface area contributed by atoms with Gasteiger partial charge in [0.1, 0.15) is 5.75 Å². The standard InChI is InChI=1S/C17H20ClNO2/c1-12(13-6-5-7-14(10-13)21-2)19-11-17(20)15-8-3-4-9-16(15)18/h3-10,12,17,19-20H,11H2,1-2H3/t12-,17?/m1/s1. The molecule has 0 saturated carbocycles. The minimum absolute atomic E-state index is 0.109. The number of rotatable bonds is 6. The molecule has 0 aromatic heterocycles. The lowest BCUT2D eigenvalue weighted by atomic mass is 10.1. The third kappa shape index (κ3) is 4.21. The molecule has 2 aromatic rings. The lowest BCUT2D eigenvalue weighted by Crippen LogP contribution is -2.24. The van der Waals surface area contributed by atoms with Gasteiger partial charge in [-0.15, -0.1) is 0 Å². The van der Waals surface area contributed by atoms with Gasteiger partial charge in [-0.2, -0.15) is 0 Å². The quantitative estimate of drug-likeness (QED) is 0.854. The summed E-state index contributed by atoms with van der Waals surface area (Å²) in [6, 6.07) is 15.3. The van der Waals surface area contributed by atoms with Crippen molar-refractivity contribution in [1.82, 2.24) is 5.32 Å². The maximum Gasteiger partial charge on any atom is 0.119 e. The monoisotopic (exact) mass is 305 g/mol. The summed E-state index contributed by atoms with van der Waals surface area (Å²) in [5.74, 6) is 0.827. The average Bonchev–Trinajstić information content (AvgIpc) is 2.52. The molecule has 2 atom stereocenters. The van der Waals surface area contributed by atoms with Gasteiger partial charge in [0.25, 0.3) is 0 Å². The summed E-state index contributed by atoms with van der Waals surface area (Å²) in [5, 5.41) is 14.1. The summed E-state index contributed by atoms with van der Waals surface area (Å²) in [6.07, 6.45) is -0.633. The molecule has 0 spiro atoms. The Morgan fingerprint density at radius 2 is 1.95 bits per heavy atom. The van der Waals surface area contributed by atoms with E-state index in [1.54, 1.807) is 13.2 Å². The van der Waals surface area contributed by atoms with E-state index in [0.717, 1.165) is 16.9 Å². The Bertz CT molecular complexity index is 589. The first-order valence-electron chi connectivity index (χ1n) is 6.91. The minimum atomic E-state index is -0.633. The highest BCUT2D eigenvalue weighted by Crippen LogP contribution is 2.23. The predicted molar refractivity (Wildman–Crippen MR) is 85.8 cm³/mol. The Morgan fingerprint density at radius 3 is 2.67 bits per heavy atom. The van der Waals surface area contributed by atoms with Gasteiger partial charge in [-0.3, -0.25) is 0 Å². The summed E-state index contributed by atoms with van der Waals surface area (Å²) >= 11 is 6.09. The first-order chi connectivity index (χ1) is 10.1. The molecule has 4 heteroatoms. The van der Waals surface area contributed by atoms with E-state index in [0.29, 0.717) is 11.6 Å². The molecule has 0 aliphatic carbocycles. The molecule has 2 aromatic carbocycles. The van der Waals surface area contributed by atoms with Gasteiger partial charge in [-0.1, -0.05) is 41.9 Å². The van der Waals surface area contributed by atoms with Crippen LogP contribution in [-0.4, -0.2) is 18.8 Å². The van der Waals surface area contributed by atoms with Crippen molar-refractivity contribution in [2.75, 3.05) is 13.7 Å². The second-order valence-corrected chi connectivity index (χ2v) is 5.35. The van der Waals surface area contributed by atoms with Gasteiger partial charge in [-0.25, -0.2) is 0 Å². The van der Waals surface area contributed by atoms with Crippen LogP contribution in [0.25, 0.3) is 0 Å². The predicted octanol–water partition coefficient (Wildman–Crippen LogP) is 3.73. The zero-order valence-corrected chi connectivity index (χ0v) is 13.0. The van der Waals surface area contributed by atoms with Crippen LogP contribution in [-0.2, 0) is 0 Å². The Balaban J connectivity index is 1.97. The van der Waals surface area contributed by atoms with Crippen LogP contribution in [0.2, 0.25) is 5.02 Å². The number of aliphatic hydroxyl groups excluding tert-OH is 1. The van der Waals surface area contributed by atoms with Crippen molar-refractivity contribution in [2.24, 2.45) is 0 Å². The minimum Gasteiger partial charge on any atom is -0.497 e. The normalized spacial score (nSPS) is 13.7. The van der Waals surface area contributed by atoms with Crippen molar-refractivity contribution >= 4 is 11.6 Å². The maximum absolute atomic E-state index is 10.2. The third-order valence-electron chi connectivity index (χ3n) is 3.48. The zero-order valence-electron chi connectivity index (χ0n) is 12.2. The first-order valence-corrected chi connectivity index (χ1v) is 7.29. The van der Waals surface area contributed by atoms with E-state index >= 15 is 0 Å². The van der Waals surface area contributed by atoms with Crippen LogP contribution in [0, 0.1) is 0 Å². The number of ether oxygens (including phenoxy) is 1. The molecule has 21 heavy (non-hydrogen) atoms. The second kappa shape index (κ2) is 7.46. The van der Waals surface area contributed by atoms with E-state index < -0.39 is 6.10 Å². The number of hydrogen-bond donors (Lipinski definition) is 2. The molecule has 2 N–H and O–H groups in total. The zero-order chi connectivity index (χ0) is 15.2. The molecule has 0 bridgehead atoms. The molecule has 1 unspecified atom stereocenters. The van der Waals surface area contributed by atoms with Gasteiger partial charge in [0.05, 0.1) is 13.2 Å². The molecule has 3 nitrogen and oxygen atoms in total. The van der Waals surface area contributed by atoms with Gasteiger partial charge < -0.3 is 15.2 Å². The molecule has 0 radical (unpaired) electrons. The first kappa shape index (κ1) is 15.8. The van der Waals surface area contributed by atoms with Crippen molar-refractivity contribution in [1.29, 1.82) is 0 Å². The Kier molecular flexibility index (Phi) is 5.62. The van der Waals surface area contributed by atoms with E-state index in [1.807, 2.05) is 49.4 Å². The van der Waals surface area contributed by atoms with Crippen molar-refractivity contribution in [3.05, 3.63) is 64.7 Å². The van der Waals surface area contributed by atoms with Gasteiger partial charge in [0.2, 0.25) is 0 Å². The summed E-state index contributed by atoms with van der Waals surface area (Å²) in [5.41, 5.74) is 1.85. The lowest BCUT2D eigenvalue weighted by Gasteiger charge is -2.19. The fourth-order valence-electron chi connectivity index (χ4n) is 2.17. The molecule has 0 heterocycles. The fourth-order valence-corrected chi connectivity index (χ4v) is 2.43. The summed E-state index contributed by atoms with van der Waals surface area (Å²) < 4.78 is 5.22. The van der Waals surface area contributed by atoms with Crippen molar-refractivity contribution in [2.45, 2.75) is 19.1 Å². The van der Waals surface area contributed by atoms with Crippen LogP contribution < -0.4 is 10.1 Å². The van der Waals surface area contributed by atoms with Crippen LogP contribution in [0.1, 0.15) is 30.2 Å². The molecule has 0 saturated heterocycles. The smallest absolute Gasteiger partial charge is 0.119 e. The summed E-state index contributed by atoms with van der Waals surface area (Å²) in [6.45, 7) is 2.48. The average molecular weight is 306 g/mol. The van der Waals surface area contributed by atoms with Crippen LogP contribution in [0.3, 0.4) is 0 Å². The molecule has 0 fully saturated rings. The maximum atomic E-state index is 10.2. The molecule has 0 amide bonds. The van der Waals surface area contributed by atoms with Crippen molar-refractivity contribution < 1.29 is 9.84 Å². The van der Waals surface area contributed by atoms with Crippen LogP contribution in [0.5, 0.6) is 5.75 Å². The van der Waals surface area contributed by atoms with Gasteiger partial charge >= 0.3 is 0 Å². The number of halogens is 1. The van der Waals surface area contributed by atoms with E-state index in [9.17, 15) is 5.11 Å². The van der Waals surface area contributed by atoms with Crippen LogP contribution in [0.4, 0.5) is 0 Å². The third-order valence-corrected chi connectivity index (χ3v) is 3.82. The van der Waals surface area contributed by atoms with Crippen LogP contribution in [0.15, 0.2) is 48.5 Å². The molecule has 0 aliphatic heterocycles. The Morgan fingerprint density at radius 1 is 1.19 bits per heavy atom. The summed E-state index contributed by atoms with van der Waals surface area (Å²) in [7, 11) is 1.65. The molecule has 112 valence electrons. The van der Waals surface area contributed by atoms with Crippen molar-refractivity contribution in [3.8, 4) is 5.75 Å². The van der Waals surface area contributed by atoms with E-state index in [-0.39, 0.29) is 6.04 Å². The second-order valence-electron chi connectivity index (χ2n) is 4.94. The largest absolute Gasteiger partial charge is 0.497 e. The molecule has 0 aliphatic rings. The van der Waals surface area contributed by atoms with Crippen LogP contribution >= 0.6 is 11.6 Å². The fraction of sp³-hybridized carbons (Fsp3) is 0.294. The molecular formula is C17H20ClNO2. The number of benzene rings is 2. The molecular weight excluding hydrogens is 286 g/mol. The highest BCUT2D eigenvalue weighted by atomic mass is 35.5.